The van der Waals surface area contributed by atoms with E-state index >= 15 is 0 Å². The predicted octanol–water partition coefficient (Wildman–Crippen LogP) is 4.45. The zero-order valence-corrected chi connectivity index (χ0v) is 10.1. The lowest BCUT2D eigenvalue weighted by molar-refractivity contribution is -0.274. The van der Waals surface area contributed by atoms with Gasteiger partial charge in [-0.1, -0.05) is 24.4 Å². The second-order valence-electron chi connectivity index (χ2n) is 3.64. The maximum Gasteiger partial charge on any atom is 0.573 e. The van der Waals surface area contributed by atoms with Gasteiger partial charge in [-0.3, -0.25) is 0 Å². The van der Waals surface area contributed by atoms with Crippen molar-refractivity contribution in [2.75, 3.05) is 0 Å². The van der Waals surface area contributed by atoms with E-state index in [1.54, 1.807) is 0 Å². The molecule has 0 aliphatic heterocycles. The summed E-state index contributed by atoms with van der Waals surface area (Å²) >= 11 is 4.96. The van der Waals surface area contributed by atoms with E-state index < -0.39 is 12.2 Å². The molecule has 0 aliphatic carbocycles. The number of hydrogen-bond donors (Lipinski definition) is 1. The van der Waals surface area contributed by atoms with Crippen LogP contribution in [0.2, 0.25) is 0 Å². The number of benzene rings is 1. The Kier molecular flexibility index (Phi) is 3.57. The van der Waals surface area contributed by atoms with Crippen LogP contribution in [0.15, 0.2) is 36.5 Å². The fourth-order valence-corrected chi connectivity index (χ4v) is 1.77. The third-order valence-corrected chi connectivity index (χ3v) is 2.58. The van der Waals surface area contributed by atoms with Crippen molar-refractivity contribution < 1.29 is 22.3 Å². The molecule has 2 aromatic rings. The Morgan fingerprint density at radius 3 is 2.58 bits per heavy atom. The predicted molar refractivity (Wildman–Crippen MR) is 63.7 cm³/mol. The smallest absolute Gasteiger partial charge is 0.406 e. The maximum absolute atomic E-state index is 13.1. The molecule has 0 amide bonds. The SMILES string of the molecule is Fc1c[nH]c(=S)c(-c2cccc(OC(F)(F)F)c2)c1. The third-order valence-electron chi connectivity index (χ3n) is 2.25. The zero-order valence-electron chi connectivity index (χ0n) is 9.29. The molecule has 0 aliphatic rings. The van der Waals surface area contributed by atoms with Gasteiger partial charge in [0.05, 0.1) is 0 Å². The summed E-state index contributed by atoms with van der Waals surface area (Å²) in [4.78, 5) is 2.51. The number of nitrogens with one attached hydrogen (secondary N) is 1. The number of hydrogen-bond acceptors (Lipinski definition) is 2. The molecule has 2 rings (SSSR count). The lowest BCUT2D eigenvalue weighted by Gasteiger charge is -2.10. The van der Waals surface area contributed by atoms with Crippen LogP contribution in [0.3, 0.4) is 0 Å². The van der Waals surface area contributed by atoms with Crippen LogP contribution >= 0.6 is 12.2 Å². The lowest BCUT2D eigenvalue weighted by atomic mass is 10.1. The quantitative estimate of drug-likeness (QED) is 0.652. The fourth-order valence-electron chi connectivity index (χ4n) is 1.53. The number of rotatable bonds is 2. The monoisotopic (exact) mass is 289 g/mol. The number of ether oxygens (including phenoxy) is 1. The minimum Gasteiger partial charge on any atom is -0.406 e. The molecule has 0 atom stereocenters. The largest absolute Gasteiger partial charge is 0.573 e. The Morgan fingerprint density at radius 2 is 1.89 bits per heavy atom. The highest BCUT2D eigenvalue weighted by molar-refractivity contribution is 7.71. The average molecular weight is 289 g/mol. The first-order chi connectivity index (χ1) is 8.85. The van der Waals surface area contributed by atoms with Crippen molar-refractivity contribution in [2.24, 2.45) is 0 Å². The molecule has 0 unspecified atom stereocenters. The van der Waals surface area contributed by atoms with Gasteiger partial charge in [0.25, 0.3) is 0 Å². The van der Waals surface area contributed by atoms with Crippen molar-refractivity contribution in [1.29, 1.82) is 0 Å². The normalized spacial score (nSPS) is 11.4. The molecule has 0 saturated carbocycles. The van der Waals surface area contributed by atoms with Crippen LogP contribution in [-0.2, 0) is 0 Å². The van der Waals surface area contributed by atoms with Gasteiger partial charge in [-0.15, -0.1) is 13.2 Å². The summed E-state index contributed by atoms with van der Waals surface area (Å²) < 4.78 is 53.5. The molecule has 2 nitrogen and oxygen atoms in total. The zero-order chi connectivity index (χ0) is 14.0. The van der Waals surface area contributed by atoms with E-state index in [9.17, 15) is 17.6 Å². The first-order valence-electron chi connectivity index (χ1n) is 5.09. The van der Waals surface area contributed by atoms with Crippen LogP contribution in [-0.4, -0.2) is 11.3 Å². The summed E-state index contributed by atoms with van der Waals surface area (Å²) in [5.41, 5.74) is 0.630. The van der Waals surface area contributed by atoms with E-state index in [-0.39, 0.29) is 10.4 Å². The lowest BCUT2D eigenvalue weighted by Crippen LogP contribution is -2.17. The summed E-state index contributed by atoms with van der Waals surface area (Å²) in [7, 11) is 0. The van der Waals surface area contributed by atoms with Gasteiger partial charge in [-0.25, -0.2) is 4.39 Å². The van der Waals surface area contributed by atoms with Gasteiger partial charge in [0.2, 0.25) is 0 Å². The summed E-state index contributed by atoms with van der Waals surface area (Å²) in [6, 6.07) is 6.33. The van der Waals surface area contributed by atoms with Gasteiger partial charge in [0.1, 0.15) is 16.2 Å². The molecular weight excluding hydrogens is 282 g/mol. The van der Waals surface area contributed by atoms with Crippen molar-refractivity contribution in [2.45, 2.75) is 6.36 Å². The van der Waals surface area contributed by atoms with Crippen molar-refractivity contribution in [3.05, 3.63) is 47.0 Å². The van der Waals surface area contributed by atoms with Crippen molar-refractivity contribution in [3.8, 4) is 16.9 Å². The highest BCUT2D eigenvalue weighted by Gasteiger charge is 2.31. The number of aromatic nitrogens is 1. The molecule has 1 aromatic heterocycles. The van der Waals surface area contributed by atoms with Crippen LogP contribution in [0, 0.1) is 10.5 Å². The second kappa shape index (κ2) is 5.00. The molecule has 0 spiro atoms. The molecule has 100 valence electrons. The molecule has 0 fully saturated rings. The maximum atomic E-state index is 13.1. The second-order valence-corrected chi connectivity index (χ2v) is 4.04. The molecule has 0 bridgehead atoms. The molecular formula is C12H7F4NOS. The summed E-state index contributed by atoms with van der Waals surface area (Å²) in [6.07, 6.45) is -3.70. The van der Waals surface area contributed by atoms with E-state index in [0.717, 1.165) is 24.4 Å². The number of aromatic amines is 1. The summed E-state index contributed by atoms with van der Waals surface area (Å²) in [5.74, 6) is -0.950. The minimum atomic E-state index is -4.77. The Hall–Kier alpha value is -1.89. The van der Waals surface area contributed by atoms with E-state index in [1.165, 1.54) is 12.1 Å². The Balaban J connectivity index is 2.43. The van der Waals surface area contributed by atoms with Gasteiger partial charge in [-0.2, -0.15) is 0 Å². The van der Waals surface area contributed by atoms with Crippen LogP contribution in [0.4, 0.5) is 17.6 Å². The molecule has 1 N–H and O–H groups in total. The molecule has 0 saturated heterocycles. The van der Waals surface area contributed by atoms with Crippen molar-refractivity contribution in [1.82, 2.24) is 4.98 Å². The Labute approximate surface area is 110 Å². The molecule has 1 heterocycles. The van der Waals surface area contributed by atoms with Crippen LogP contribution in [0.25, 0.3) is 11.1 Å². The topological polar surface area (TPSA) is 25.0 Å². The Morgan fingerprint density at radius 1 is 1.16 bits per heavy atom. The van der Waals surface area contributed by atoms with E-state index in [2.05, 4.69) is 9.72 Å². The third kappa shape index (κ3) is 3.54. The van der Waals surface area contributed by atoms with Crippen LogP contribution < -0.4 is 4.74 Å². The van der Waals surface area contributed by atoms with Gasteiger partial charge in [0, 0.05) is 11.8 Å². The van der Waals surface area contributed by atoms with Gasteiger partial charge >= 0.3 is 6.36 Å². The Bertz CT molecular complexity index is 651. The minimum absolute atomic E-state index is 0.227. The van der Waals surface area contributed by atoms with Crippen molar-refractivity contribution in [3.63, 3.8) is 0 Å². The number of pyridine rings is 1. The summed E-state index contributed by atoms with van der Waals surface area (Å²) in [5, 5.41) is 0. The van der Waals surface area contributed by atoms with Gasteiger partial charge < -0.3 is 9.72 Å². The molecule has 0 radical (unpaired) electrons. The molecule has 19 heavy (non-hydrogen) atoms. The first kappa shape index (κ1) is 13.5. The molecule has 7 heteroatoms. The fraction of sp³-hybridized carbons (Fsp3) is 0.0833. The van der Waals surface area contributed by atoms with Crippen molar-refractivity contribution >= 4 is 12.2 Å². The average Bonchev–Trinajstić information content (AvgIpc) is 2.30. The van der Waals surface area contributed by atoms with Gasteiger partial charge in [0.15, 0.2) is 0 Å². The number of H-pyrrole nitrogens is 1. The van der Waals surface area contributed by atoms with E-state index in [1.807, 2.05) is 0 Å². The van der Waals surface area contributed by atoms with Gasteiger partial charge in [-0.05, 0) is 23.8 Å². The molecule has 1 aromatic carbocycles. The van der Waals surface area contributed by atoms with Crippen LogP contribution in [0.5, 0.6) is 5.75 Å². The van der Waals surface area contributed by atoms with Crippen LogP contribution in [0.1, 0.15) is 0 Å². The first-order valence-corrected chi connectivity index (χ1v) is 5.50. The highest BCUT2D eigenvalue weighted by Crippen LogP contribution is 2.28. The summed E-state index contributed by atoms with van der Waals surface area (Å²) in [6.45, 7) is 0. The highest BCUT2D eigenvalue weighted by atomic mass is 32.1. The number of alkyl halides is 3. The standard InChI is InChI=1S/C12H7F4NOS/c13-8-5-10(11(19)17-6-8)7-2-1-3-9(4-7)18-12(14,15)16/h1-6H,(H,17,19). The number of halogens is 4. The van der Waals surface area contributed by atoms with E-state index in [4.69, 9.17) is 12.2 Å². The van der Waals surface area contributed by atoms with E-state index in [0.29, 0.717) is 11.1 Å².